The Labute approximate surface area is 152 Å². The summed E-state index contributed by atoms with van der Waals surface area (Å²) in [6, 6.07) is 6.47. The van der Waals surface area contributed by atoms with Gasteiger partial charge in [-0.05, 0) is 19.1 Å². The van der Waals surface area contributed by atoms with Crippen LogP contribution in [0.15, 0.2) is 70.4 Å². The summed E-state index contributed by atoms with van der Waals surface area (Å²) >= 11 is 0. The Morgan fingerprint density at radius 2 is 2.04 bits per heavy atom. The summed E-state index contributed by atoms with van der Waals surface area (Å²) in [5.74, 6) is 0.598. The Morgan fingerprint density at radius 1 is 1.31 bits per heavy atom. The fourth-order valence-corrected chi connectivity index (χ4v) is 2.45. The van der Waals surface area contributed by atoms with E-state index in [0.717, 1.165) is 5.56 Å². The van der Waals surface area contributed by atoms with Crippen LogP contribution in [0.2, 0.25) is 0 Å². The third-order valence-electron chi connectivity index (χ3n) is 3.67. The molecule has 0 saturated carbocycles. The Balaban J connectivity index is 2.05. The quantitative estimate of drug-likeness (QED) is 0.682. The minimum absolute atomic E-state index is 0.333. The zero-order chi connectivity index (χ0) is 18.5. The number of hydrogen-bond acceptors (Lipinski definition) is 5. The van der Waals surface area contributed by atoms with E-state index in [4.69, 9.17) is 7.85 Å². The molecule has 8 heteroatoms. The van der Waals surface area contributed by atoms with Gasteiger partial charge in [-0.3, -0.25) is 4.99 Å². The number of nitrogens with zero attached hydrogens (tertiary/aromatic N) is 5. The predicted octanol–water partition coefficient (Wildman–Crippen LogP) is 2.43. The summed E-state index contributed by atoms with van der Waals surface area (Å²) in [5.41, 5.74) is 2.24. The summed E-state index contributed by atoms with van der Waals surface area (Å²) < 4.78 is 14.2. The van der Waals surface area contributed by atoms with Crippen molar-refractivity contribution < 1.29 is 4.39 Å². The molecule has 0 spiro atoms. The molecule has 2 radical (unpaired) electrons. The zero-order valence-corrected chi connectivity index (χ0v) is 14.2. The van der Waals surface area contributed by atoms with Crippen LogP contribution in [-0.2, 0) is 6.54 Å². The number of nitrogens with one attached hydrogen (secondary N) is 1. The van der Waals surface area contributed by atoms with Crippen LogP contribution < -0.4 is 5.32 Å². The number of aliphatic imine (C=N–C) groups is 1. The molecule has 3 rings (SSSR count). The van der Waals surface area contributed by atoms with Crippen LogP contribution in [0.3, 0.4) is 0 Å². The maximum absolute atomic E-state index is 14.2. The number of amidine groups is 1. The standard InChI is InChI=1S/C18H16BFN6/c1-12(19)18-25-16(14-5-3-4-6-15(14)20)7-17(26(18)21-2)24-10-13-8-22-11-23-9-13/h3-9,11,25H,2,10H2,1H3/b18-12+,24-17?. The van der Waals surface area contributed by atoms with Crippen molar-refractivity contribution in [2.24, 2.45) is 10.1 Å². The fraction of sp³-hybridized carbons (Fsp3) is 0.111. The van der Waals surface area contributed by atoms with Crippen LogP contribution in [0, 0.1) is 5.82 Å². The average Bonchev–Trinajstić information content (AvgIpc) is 2.66. The molecular formula is C18H16BFN6. The van der Waals surface area contributed by atoms with E-state index in [9.17, 15) is 4.39 Å². The number of aromatic nitrogens is 2. The van der Waals surface area contributed by atoms with E-state index < -0.39 is 0 Å². The molecule has 1 N–H and O–H groups in total. The van der Waals surface area contributed by atoms with Crippen LogP contribution in [0.4, 0.5) is 4.39 Å². The topological polar surface area (TPSA) is 65.8 Å². The maximum atomic E-state index is 14.2. The highest BCUT2D eigenvalue weighted by Crippen LogP contribution is 2.24. The number of hydrazone groups is 1. The lowest BCUT2D eigenvalue weighted by molar-refractivity contribution is 0.513. The van der Waals surface area contributed by atoms with Gasteiger partial charge in [-0.25, -0.2) is 19.4 Å². The van der Waals surface area contributed by atoms with Gasteiger partial charge in [-0.2, -0.15) is 5.10 Å². The second-order valence-corrected chi connectivity index (χ2v) is 5.57. The second-order valence-electron chi connectivity index (χ2n) is 5.57. The summed E-state index contributed by atoms with van der Waals surface area (Å²) in [6.07, 6.45) is 6.50. The van der Waals surface area contributed by atoms with Crippen molar-refractivity contribution in [1.29, 1.82) is 0 Å². The monoisotopic (exact) mass is 346 g/mol. The van der Waals surface area contributed by atoms with E-state index in [1.54, 1.807) is 43.6 Å². The van der Waals surface area contributed by atoms with E-state index in [-0.39, 0.29) is 5.82 Å². The predicted molar refractivity (Wildman–Crippen MR) is 101 cm³/mol. The van der Waals surface area contributed by atoms with Crippen molar-refractivity contribution in [3.8, 4) is 0 Å². The highest BCUT2D eigenvalue weighted by molar-refractivity contribution is 6.22. The van der Waals surface area contributed by atoms with E-state index in [0.29, 0.717) is 34.9 Å². The third-order valence-corrected chi connectivity index (χ3v) is 3.67. The SMILES string of the molecule is [B]/C(C)=C1\NC(c2ccccc2F)=CC(=NCc2cncnc2)N1N=C. The highest BCUT2D eigenvalue weighted by Gasteiger charge is 2.23. The van der Waals surface area contributed by atoms with Crippen molar-refractivity contribution in [2.75, 3.05) is 0 Å². The Kier molecular flexibility index (Phi) is 5.21. The minimum atomic E-state index is -0.351. The van der Waals surface area contributed by atoms with E-state index in [1.807, 2.05) is 0 Å². The Morgan fingerprint density at radius 3 is 2.69 bits per heavy atom. The summed E-state index contributed by atoms with van der Waals surface area (Å²) in [4.78, 5) is 12.5. The molecule has 0 saturated heterocycles. The van der Waals surface area contributed by atoms with Crippen LogP contribution in [0.25, 0.3) is 5.70 Å². The maximum Gasteiger partial charge on any atom is 0.153 e. The first kappa shape index (κ1) is 17.5. The zero-order valence-electron chi connectivity index (χ0n) is 14.2. The number of rotatable bonds is 4. The van der Waals surface area contributed by atoms with Gasteiger partial charge >= 0.3 is 0 Å². The summed E-state index contributed by atoms with van der Waals surface area (Å²) in [7, 11) is 5.97. The molecule has 26 heavy (non-hydrogen) atoms. The van der Waals surface area contributed by atoms with E-state index in [2.05, 4.69) is 32.1 Å². The van der Waals surface area contributed by atoms with Gasteiger partial charge in [0.25, 0.3) is 0 Å². The lowest BCUT2D eigenvalue weighted by atomic mass is 9.96. The van der Waals surface area contributed by atoms with Gasteiger partial charge in [0, 0.05) is 36.3 Å². The van der Waals surface area contributed by atoms with Gasteiger partial charge in [-0.1, -0.05) is 17.6 Å². The molecule has 1 aromatic carbocycles. The molecule has 0 atom stereocenters. The number of halogens is 1. The fourth-order valence-electron chi connectivity index (χ4n) is 2.45. The summed E-state index contributed by atoms with van der Waals surface area (Å²) in [6.45, 7) is 5.62. The van der Waals surface area contributed by atoms with Gasteiger partial charge in [0.05, 0.1) is 12.2 Å². The van der Waals surface area contributed by atoms with E-state index >= 15 is 0 Å². The molecule has 0 bridgehead atoms. The third kappa shape index (κ3) is 3.69. The highest BCUT2D eigenvalue weighted by atomic mass is 19.1. The van der Waals surface area contributed by atoms with Crippen molar-refractivity contribution in [1.82, 2.24) is 20.3 Å². The van der Waals surface area contributed by atoms with Crippen molar-refractivity contribution >= 4 is 26.1 Å². The number of benzene rings is 1. The van der Waals surface area contributed by atoms with Crippen molar-refractivity contribution in [3.63, 3.8) is 0 Å². The first-order valence-electron chi connectivity index (χ1n) is 7.85. The Bertz CT molecular complexity index is 903. The van der Waals surface area contributed by atoms with Gasteiger partial charge in [0.1, 0.15) is 25.8 Å². The smallest absolute Gasteiger partial charge is 0.153 e. The molecule has 0 amide bonds. The first-order chi connectivity index (χ1) is 12.6. The van der Waals surface area contributed by atoms with Crippen LogP contribution in [0.1, 0.15) is 18.1 Å². The molecule has 0 fully saturated rings. The van der Waals surface area contributed by atoms with Crippen LogP contribution >= 0.6 is 0 Å². The van der Waals surface area contributed by atoms with E-state index in [1.165, 1.54) is 17.4 Å². The second kappa shape index (κ2) is 7.73. The number of allylic oxidation sites excluding steroid dienone is 1. The van der Waals surface area contributed by atoms with Gasteiger partial charge in [0.2, 0.25) is 0 Å². The largest absolute Gasteiger partial charge is 0.340 e. The molecule has 2 heterocycles. The average molecular weight is 346 g/mol. The lowest BCUT2D eigenvalue weighted by Crippen LogP contribution is -2.37. The number of hydrogen-bond donors (Lipinski definition) is 1. The normalized spacial score (nSPS) is 17.5. The van der Waals surface area contributed by atoms with Crippen molar-refractivity contribution in [3.05, 3.63) is 77.3 Å². The van der Waals surface area contributed by atoms with Crippen LogP contribution in [-0.4, -0.2) is 35.4 Å². The molecule has 0 unspecified atom stereocenters. The lowest BCUT2D eigenvalue weighted by Gasteiger charge is -2.30. The first-order valence-corrected chi connectivity index (χ1v) is 7.85. The molecule has 1 aliphatic heterocycles. The molecule has 1 aliphatic rings. The molecular weight excluding hydrogens is 330 g/mol. The molecule has 2 aromatic rings. The van der Waals surface area contributed by atoms with Gasteiger partial charge in [0.15, 0.2) is 5.84 Å². The Hall–Kier alpha value is -3.29. The molecule has 6 nitrogen and oxygen atoms in total. The minimum Gasteiger partial charge on any atom is -0.340 e. The van der Waals surface area contributed by atoms with Crippen molar-refractivity contribution in [2.45, 2.75) is 13.5 Å². The van der Waals surface area contributed by atoms with Crippen LogP contribution in [0.5, 0.6) is 0 Å². The molecule has 0 aliphatic carbocycles. The molecule has 128 valence electrons. The van der Waals surface area contributed by atoms with Gasteiger partial charge in [-0.15, -0.1) is 0 Å². The van der Waals surface area contributed by atoms with Gasteiger partial charge < -0.3 is 5.32 Å². The summed E-state index contributed by atoms with van der Waals surface area (Å²) in [5, 5.41) is 8.55. The molecule has 1 aromatic heterocycles.